The molecular weight excluding hydrogens is 226 g/mol. The predicted molar refractivity (Wildman–Crippen MR) is 58.2 cm³/mol. The normalized spacial score (nSPS) is 14.4. The molecule has 1 aromatic rings. The van der Waals surface area contributed by atoms with Crippen molar-refractivity contribution in [3.63, 3.8) is 0 Å². The molecule has 17 heavy (non-hydrogen) atoms. The fraction of sp³-hybridized carbons (Fsp3) is 0.700. The Morgan fingerprint density at radius 2 is 2.35 bits per heavy atom. The first-order valence-corrected chi connectivity index (χ1v) is 5.26. The van der Waals surface area contributed by atoms with Crippen LogP contribution in [0.1, 0.15) is 18.6 Å². The first-order chi connectivity index (χ1) is 7.95. The van der Waals surface area contributed by atoms with Crippen LogP contribution >= 0.6 is 0 Å². The third-order valence-electron chi connectivity index (χ3n) is 2.19. The first kappa shape index (κ1) is 13.6. The van der Waals surface area contributed by atoms with Gasteiger partial charge < -0.3 is 19.7 Å². The lowest BCUT2D eigenvalue weighted by Gasteiger charge is -2.20. The molecule has 0 radical (unpaired) electrons. The number of methoxy groups -OCH3 is 1. The molecule has 0 fully saturated rings. The van der Waals surface area contributed by atoms with Gasteiger partial charge in [0.25, 0.3) is 0 Å². The van der Waals surface area contributed by atoms with Crippen molar-refractivity contribution in [1.82, 2.24) is 15.5 Å². The molecule has 0 aromatic carbocycles. The minimum Gasteiger partial charge on any atom is -0.467 e. The maximum absolute atomic E-state index is 11.1. The van der Waals surface area contributed by atoms with Crippen LogP contribution in [0.3, 0.4) is 0 Å². The molecule has 0 aliphatic carbocycles. The number of aliphatic hydroxyl groups is 1. The molecule has 1 heterocycles. The van der Waals surface area contributed by atoms with E-state index < -0.39 is 11.6 Å². The third-order valence-corrected chi connectivity index (χ3v) is 2.19. The number of carbonyl (C=O) groups is 1. The molecule has 96 valence electrons. The number of nitrogens with one attached hydrogen (secondary N) is 1. The molecule has 0 saturated carbocycles. The van der Waals surface area contributed by atoms with Gasteiger partial charge in [0, 0.05) is 26.4 Å². The highest BCUT2D eigenvalue weighted by Crippen LogP contribution is 2.03. The zero-order valence-electron chi connectivity index (χ0n) is 10.2. The smallest absolute Gasteiger partial charge is 0.338 e. The van der Waals surface area contributed by atoms with Crippen LogP contribution in [0.25, 0.3) is 0 Å². The van der Waals surface area contributed by atoms with Gasteiger partial charge in [0.05, 0.1) is 7.11 Å². The van der Waals surface area contributed by atoms with Gasteiger partial charge in [0.1, 0.15) is 0 Å². The van der Waals surface area contributed by atoms with Gasteiger partial charge in [-0.25, -0.2) is 4.79 Å². The van der Waals surface area contributed by atoms with Crippen molar-refractivity contribution in [1.29, 1.82) is 0 Å². The fourth-order valence-corrected chi connectivity index (χ4v) is 1.27. The number of ether oxygens (including phenoxy) is 1. The maximum atomic E-state index is 11.1. The Hall–Kier alpha value is -1.47. The zero-order chi connectivity index (χ0) is 12.9. The van der Waals surface area contributed by atoms with E-state index in [9.17, 15) is 9.90 Å². The quantitative estimate of drug-likeness (QED) is 0.510. The van der Waals surface area contributed by atoms with Crippen LogP contribution in [0.4, 0.5) is 0 Å². The Morgan fingerprint density at radius 3 is 2.88 bits per heavy atom. The molecule has 0 amide bonds. The summed E-state index contributed by atoms with van der Waals surface area (Å²) in [6.07, 6.45) is 0.564. The second kappa shape index (κ2) is 5.74. The molecule has 1 unspecified atom stereocenters. The first-order valence-electron chi connectivity index (χ1n) is 5.26. The average Bonchev–Trinajstić information content (AvgIpc) is 2.69. The molecule has 1 aromatic heterocycles. The molecule has 0 bridgehead atoms. The van der Waals surface area contributed by atoms with Gasteiger partial charge >= 0.3 is 5.97 Å². The predicted octanol–water partition coefficient (Wildman–Crippen LogP) is -0.566. The number of nitrogens with zero attached hydrogens (tertiary/aromatic N) is 2. The molecule has 0 aliphatic heterocycles. The van der Waals surface area contributed by atoms with Gasteiger partial charge in [-0.05, 0) is 6.92 Å². The summed E-state index contributed by atoms with van der Waals surface area (Å²) in [6, 6.07) is 0. The van der Waals surface area contributed by atoms with E-state index >= 15 is 0 Å². The van der Waals surface area contributed by atoms with Crippen molar-refractivity contribution in [2.75, 3.05) is 20.2 Å². The van der Waals surface area contributed by atoms with Crippen molar-refractivity contribution in [3.05, 3.63) is 11.7 Å². The van der Waals surface area contributed by atoms with E-state index in [0.29, 0.717) is 24.7 Å². The lowest BCUT2D eigenvalue weighted by atomic mass is 10.1. The number of aromatic nitrogens is 2. The van der Waals surface area contributed by atoms with Gasteiger partial charge in [-0.3, -0.25) is 0 Å². The van der Waals surface area contributed by atoms with E-state index in [1.165, 1.54) is 14.0 Å². The van der Waals surface area contributed by atoms with E-state index in [4.69, 9.17) is 4.52 Å². The summed E-state index contributed by atoms with van der Waals surface area (Å²) in [5, 5.41) is 16.3. The monoisotopic (exact) mass is 243 g/mol. The number of aryl methyl sites for hydroxylation is 1. The molecule has 0 spiro atoms. The molecule has 0 aliphatic rings. The van der Waals surface area contributed by atoms with Crippen molar-refractivity contribution in [2.24, 2.45) is 0 Å². The van der Waals surface area contributed by atoms with Gasteiger partial charge in [0.15, 0.2) is 11.4 Å². The standard InChI is InChI=1S/C10H17N3O4/c1-7-12-8(13-17-7)4-5-11-6-10(2,15)9(14)16-3/h11,15H,4-6H2,1-3H3. The van der Waals surface area contributed by atoms with Crippen LogP contribution in [0, 0.1) is 6.92 Å². The summed E-state index contributed by atoms with van der Waals surface area (Å²) in [4.78, 5) is 15.2. The zero-order valence-corrected chi connectivity index (χ0v) is 10.2. The van der Waals surface area contributed by atoms with Gasteiger partial charge in [-0.1, -0.05) is 5.16 Å². The fourth-order valence-electron chi connectivity index (χ4n) is 1.27. The Bertz CT molecular complexity index is 375. The topological polar surface area (TPSA) is 97.5 Å². The SMILES string of the molecule is COC(=O)C(C)(O)CNCCc1noc(C)n1. The van der Waals surface area contributed by atoms with E-state index in [-0.39, 0.29) is 6.54 Å². The van der Waals surface area contributed by atoms with Crippen molar-refractivity contribution < 1.29 is 19.2 Å². The van der Waals surface area contributed by atoms with Crippen LogP contribution in [-0.2, 0) is 16.0 Å². The number of rotatable bonds is 6. The maximum Gasteiger partial charge on any atom is 0.338 e. The number of hydrogen-bond acceptors (Lipinski definition) is 7. The van der Waals surface area contributed by atoms with Crippen LogP contribution in [0.15, 0.2) is 4.52 Å². The summed E-state index contributed by atoms with van der Waals surface area (Å²) >= 11 is 0. The van der Waals surface area contributed by atoms with E-state index in [0.717, 1.165) is 0 Å². The highest BCUT2D eigenvalue weighted by molar-refractivity contribution is 5.78. The summed E-state index contributed by atoms with van der Waals surface area (Å²) in [5.74, 6) is 0.440. The molecular formula is C10H17N3O4. The molecule has 1 rings (SSSR count). The summed E-state index contributed by atoms with van der Waals surface area (Å²) in [6.45, 7) is 3.75. The minimum absolute atomic E-state index is 0.108. The highest BCUT2D eigenvalue weighted by Gasteiger charge is 2.30. The summed E-state index contributed by atoms with van der Waals surface area (Å²) < 4.78 is 9.27. The summed E-state index contributed by atoms with van der Waals surface area (Å²) in [7, 11) is 1.24. The second-order valence-corrected chi connectivity index (χ2v) is 3.92. The largest absolute Gasteiger partial charge is 0.467 e. The number of carbonyl (C=O) groups excluding carboxylic acids is 1. The van der Waals surface area contributed by atoms with E-state index in [2.05, 4.69) is 20.2 Å². The average molecular weight is 243 g/mol. The van der Waals surface area contributed by atoms with Crippen LogP contribution in [0.5, 0.6) is 0 Å². The Kier molecular flexibility index (Phi) is 4.59. The van der Waals surface area contributed by atoms with Crippen LogP contribution < -0.4 is 5.32 Å². The van der Waals surface area contributed by atoms with E-state index in [1.807, 2.05) is 0 Å². The van der Waals surface area contributed by atoms with Gasteiger partial charge in [0.2, 0.25) is 5.89 Å². The molecule has 2 N–H and O–H groups in total. The summed E-state index contributed by atoms with van der Waals surface area (Å²) in [5.41, 5.74) is -1.53. The van der Waals surface area contributed by atoms with Crippen LogP contribution in [0.2, 0.25) is 0 Å². The van der Waals surface area contributed by atoms with Crippen molar-refractivity contribution in [2.45, 2.75) is 25.9 Å². The molecule has 7 nitrogen and oxygen atoms in total. The van der Waals surface area contributed by atoms with Gasteiger partial charge in [-0.2, -0.15) is 4.98 Å². The molecule has 0 saturated heterocycles. The highest BCUT2D eigenvalue weighted by atomic mass is 16.5. The minimum atomic E-state index is -1.53. The van der Waals surface area contributed by atoms with E-state index in [1.54, 1.807) is 6.92 Å². The van der Waals surface area contributed by atoms with Crippen molar-refractivity contribution >= 4 is 5.97 Å². The Balaban J connectivity index is 2.26. The Labute approximate surface area is 99.2 Å². The molecule has 1 atom stereocenters. The molecule has 7 heteroatoms. The third kappa shape index (κ3) is 4.12. The lowest BCUT2D eigenvalue weighted by molar-refractivity contribution is -0.159. The Morgan fingerprint density at radius 1 is 1.65 bits per heavy atom. The number of hydrogen-bond donors (Lipinski definition) is 2. The van der Waals surface area contributed by atoms with Crippen molar-refractivity contribution in [3.8, 4) is 0 Å². The second-order valence-electron chi connectivity index (χ2n) is 3.92. The van der Waals surface area contributed by atoms with Crippen LogP contribution in [-0.4, -0.2) is 47.0 Å². The number of esters is 1. The lowest BCUT2D eigenvalue weighted by Crippen LogP contribution is -2.46. The van der Waals surface area contributed by atoms with Gasteiger partial charge in [-0.15, -0.1) is 0 Å².